The zero-order chi connectivity index (χ0) is 14.3. The van der Waals surface area contributed by atoms with Crippen LogP contribution in [0, 0.1) is 0 Å². The number of hydrogen-bond donors (Lipinski definition) is 1. The van der Waals surface area contributed by atoms with Crippen LogP contribution in [-0.2, 0) is 14.6 Å². The summed E-state index contributed by atoms with van der Waals surface area (Å²) in [6, 6.07) is 0. The van der Waals surface area contributed by atoms with Crippen molar-refractivity contribution < 1.29 is 13.2 Å². The van der Waals surface area contributed by atoms with Crippen LogP contribution in [0.1, 0.15) is 6.42 Å². The molecule has 0 aliphatic carbocycles. The van der Waals surface area contributed by atoms with Crippen molar-refractivity contribution >= 4 is 33.0 Å². The Morgan fingerprint density at radius 3 is 2.28 bits per heavy atom. The van der Waals surface area contributed by atoms with E-state index in [2.05, 4.69) is 0 Å². The molecule has 0 saturated carbocycles. The van der Waals surface area contributed by atoms with Crippen molar-refractivity contribution in [2.24, 2.45) is 5.73 Å². The Morgan fingerprint density at radius 1 is 1.28 bits per heavy atom. The minimum absolute atomic E-state index is 0.0490. The van der Waals surface area contributed by atoms with Gasteiger partial charge in [-0.1, -0.05) is 12.2 Å². The van der Waals surface area contributed by atoms with Gasteiger partial charge in [0, 0.05) is 32.8 Å². The number of carbonyl (C=O) groups is 1. The molecule has 18 heavy (non-hydrogen) atoms. The molecular formula is C10H21N3O3S2. The number of carbonyl (C=O) groups excluding carboxylic acids is 1. The van der Waals surface area contributed by atoms with Crippen molar-refractivity contribution in [3.63, 3.8) is 0 Å². The highest BCUT2D eigenvalue weighted by atomic mass is 32.2. The average molecular weight is 295 g/mol. The highest BCUT2D eigenvalue weighted by Gasteiger charge is 2.13. The zero-order valence-electron chi connectivity index (χ0n) is 11.0. The van der Waals surface area contributed by atoms with Gasteiger partial charge in [-0.25, -0.2) is 8.42 Å². The van der Waals surface area contributed by atoms with E-state index in [1.165, 1.54) is 11.2 Å². The molecule has 0 bridgehead atoms. The summed E-state index contributed by atoms with van der Waals surface area (Å²) in [5, 5.41) is 0. The summed E-state index contributed by atoms with van der Waals surface area (Å²) in [6.07, 6.45) is 1.67. The van der Waals surface area contributed by atoms with Crippen LogP contribution < -0.4 is 5.73 Å². The largest absolute Gasteiger partial charge is 0.393 e. The van der Waals surface area contributed by atoms with Crippen LogP contribution in [0.15, 0.2) is 0 Å². The lowest BCUT2D eigenvalue weighted by molar-refractivity contribution is -0.130. The number of rotatable bonds is 8. The van der Waals surface area contributed by atoms with Crippen LogP contribution in [0.3, 0.4) is 0 Å². The highest BCUT2D eigenvalue weighted by molar-refractivity contribution is 7.90. The first-order valence-electron chi connectivity index (χ1n) is 5.50. The molecule has 0 aromatic carbocycles. The summed E-state index contributed by atoms with van der Waals surface area (Å²) in [5.74, 6) is -0.0323. The Morgan fingerprint density at radius 2 is 1.83 bits per heavy atom. The molecule has 106 valence electrons. The van der Waals surface area contributed by atoms with E-state index in [1.54, 1.807) is 19.0 Å². The molecule has 0 aliphatic rings. The number of nitrogens with two attached hydrogens (primary N) is 1. The Hall–Kier alpha value is -0.730. The van der Waals surface area contributed by atoms with Gasteiger partial charge in [0.2, 0.25) is 5.91 Å². The Kier molecular flexibility index (Phi) is 7.34. The van der Waals surface area contributed by atoms with E-state index in [4.69, 9.17) is 18.0 Å². The second kappa shape index (κ2) is 7.65. The lowest BCUT2D eigenvalue weighted by atomic mass is 10.3. The maximum absolute atomic E-state index is 11.7. The van der Waals surface area contributed by atoms with E-state index in [9.17, 15) is 13.2 Å². The summed E-state index contributed by atoms with van der Waals surface area (Å²) >= 11 is 4.73. The molecule has 2 N–H and O–H groups in total. The van der Waals surface area contributed by atoms with Crippen molar-refractivity contribution in [2.75, 3.05) is 45.7 Å². The molecule has 0 aromatic heterocycles. The number of thiocarbonyl (C=S) groups is 1. The maximum atomic E-state index is 11.7. The van der Waals surface area contributed by atoms with Crippen molar-refractivity contribution in [3.8, 4) is 0 Å². The Labute approximate surface area is 114 Å². The zero-order valence-corrected chi connectivity index (χ0v) is 12.7. The predicted octanol–water partition coefficient (Wildman–Crippen LogP) is -0.903. The third-order valence-corrected chi connectivity index (χ3v) is 3.50. The number of hydrogen-bond acceptors (Lipinski definition) is 5. The molecule has 0 spiro atoms. The topological polar surface area (TPSA) is 83.7 Å². The SMILES string of the molecule is CN(CCS(C)(=O)=O)CC(=O)N(C)CCC(N)=S. The van der Waals surface area contributed by atoms with E-state index < -0.39 is 9.84 Å². The van der Waals surface area contributed by atoms with Gasteiger partial charge < -0.3 is 10.6 Å². The molecule has 0 fully saturated rings. The van der Waals surface area contributed by atoms with E-state index in [0.717, 1.165) is 0 Å². The Balaban J connectivity index is 4.03. The summed E-state index contributed by atoms with van der Waals surface area (Å²) in [4.78, 5) is 15.3. The first-order valence-corrected chi connectivity index (χ1v) is 7.97. The summed E-state index contributed by atoms with van der Waals surface area (Å²) < 4.78 is 22.0. The molecular weight excluding hydrogens is 274 g/mol. The summed E-state index contributed by atoms with van der Waals surface area (Å²) in [7, 11) is 0.388. The molecule has 1 amide bonds. The van der Waals surface area contributed by atoms with Crippen molar-refractivity contribution in [2.45, 2.75) is 6.42 Å². The van der Waals surface area contributed by atoms with Gasteiger partial charge in [-0.3, -0.25) is 9.69 Å². The molecule has 0 saturated heterocycles. The normalized spacial score (nSPS) is 11.6. The molecule has 0 aliphatic heterocycles. The fraction of sp³-hybridized carbons (Fsp3) is 0.800. The monoisotopic (exact) mass is 295 g/mol. The van der Waals surface area contributed by atoms with E-state index in [1.807, 2.05) is 0 Å². The molecule has 0 rings (SSSR count). The molecule has 0 radical (unpaired) electrons. The lowest BCUT2D eigenvalue weighted by Gasteiger charge is -2.21. The smallest absolute Gasteiger partial charge is 0.236 e. The predicted molar refractivity (Wildman–Crippen MR) is 76.2 cm³/mol. The molecule has 0 atom stereocenters. The van der Waals surface area contributed by atoms with E-state index in [-0.39, 0.29) is 18.2 Å². The van der Waals surface area contributed by atoms with Gasteiger partial charge in [0.1, 0.15) is 9.84 Å². The third-order valence-electron chi connectivity index (χ3n) is 2.37. The fourth-order valence-corrected chi connectivity index (χ4v) is 1.89. The minimum Gasteiger partial charge on any atom is -0.393 e. The summed E-state index contributed by atoms with van der Waals surface area (Å²) in [6.45, 7) is 1.01. The van der Waals surface area contributed by atoms with Gasteiger partial charge in [0.15, 0.2) is 0 Å². The van der Waals surface area contributed by atoms with E-state index in [0.29, 0.717) is 24.5 Å². The third kappa shape index (κ3) is 9.32. The standard InChI is InChI=1S/C10H21N3O3S2/c1-12(6-7-18(3,15)16)8-10(14)13(2)5-4-9(11)17/h4-8H2,1-3H3,(H2,11,17). The highest BCUT2D eigenvalue weighted by Crippen LogP contribution is 1.94. The van der Waals surface area contributed by atoms with Crippen LogP contribution in [-0.4, -0.2) is 74.9 Å². The number of nitrogens with zero attached hydrogens (tertiary/aromatic N) is 2. The first kappa shape index (κ1) is 17.3. The lowest BCUT2D eigenvalue weighted by Crippen LogP contribution is -2.39. The van der Waals surface area contributed by atoms with Gasteiger partial charge in [-0.2, -0.15) is 0 Å². The van der Waals surface area contributed by atoms with Gasteiger partial charge >= 0.3 is 0 Å². The van der Waals surface area contributed by atoms with Crippen molar-refractivity contribution in [3.05, 3.63) is 0 Å². The van der Waals surface area contributed by atoms with Crippen LogP contribution in [0.2, 0.25) is 0 Å². The molecule has 0 unspecified atom stereocenters. The number of likely N-dealkylation sites (N-methyl/N-ethyl adjacent to an activating group) is 2. The molecule has 0 aromatic rings. The molecule has 6 nitrogen and oxygen atoms in total. The second-order valence-electron chi connectivity index (χ2n) is 4.40. The maximum Gasteiger partial charge on any atom is 0.236 e. The minimum atomic E-state index is -3.00. The fourth-order valence-electron chi connectivity index (χ4n) is 1.15. The van der Waals surface area contributed by atoms with Gasteiger partial charge in [-0.05, 0) is 7.05 Å². The van der Waals surface area contributed by atoms with Crippen LogP contribution >= 0.6 is 12.2 Å². The van der Waals surface area contributed by atoms with E-state index >= 15 is 0 Å². The summed E-state index contributed by atoms with van der Waals surface area (Å²) in [5.41, 5.74) is 5.35. The molecule has 0 heterocycles. The molecule has 8 heteroatoms. The number of sulfone groups is 1. The van der Waals surface area contributed by atoms with Crippen LogP contribution in [0.5, 0.6) is 0 Å². The van der Waals surface area contributed by atoms with Gasteiger partial charge in [0.25, 0.3) is 0 Å². The van der Waals surface area contributed by atoms with Crippen molar-refractivity contribution in [1.82, 2.24) is 9.80 Å². The Bertz CT molecular complexity index is 395. The van der Waals surface area contributed by atoms with Gasteiger partial charge in [0.05, 0.1) is 17.3 Å². The van der Waals surface area contributed by atoms with Crippen molar-refractivity contribution in [1.29, 1.82) is 0 Å². The van der Waals surface area contributed by atoms with Crippen LogP contribution in [0.4, 0.5) is 0 Å². The quantitative estimate of drug-likeness (QED) is 0.584. The second-order valence-corrected chi connectivity index (χ2v) is 7.18. The first-order chi connectivity index (χ1) is 8.11. The van der Waals surface area contributed by atoms with Crippen LogP contribution in [0.25, 0.3) is 0 Å². The van der Waals surface area contributed by atoms with Gasteiger partial charge in [-0.15, -0.1) is 0 Å². The average Bonchev–Trinajstić information content (AvgIpc) is 2.21. The number of amides is 1.